The van der Waals surface area contributed by atoms with Crippen LogP contribution in [-0.2, 0) is 14.3 Å². The van der Waals surface area contributed by atoms with Crippen LogP contribution in [0.2, 0.25) is 0 Å². The number of hydrogen-bond donors (Lipinski definition) is 1. The molecule has 1 saturated carbocycles. The van der Waals surface area contributed by atoms with Gasteiger partial charge in [-0.3, -0.25) is 9.59 Å². The highest BCUT2D eigenvalue weighted by molar-refractivity contribution is 5.82. The number of methoxy groups -OCH3 is 1. The summed E-state index contributed by atoms with van der Waals surface area (Å²) < 4.78 is 4.87. The molecule has 1 atom stereocenters. The summed E-state index contributed by atoms with van der Waals surface area (Å²) in [6, 6.07) is 0. The average molecular weight is 298 g/mol. The summed E-state index contributed by atoms with van der Waals surface area (Å²) >= 11 is 0. The number of likely N-dealkylation sites (N-methyl/N-ethyl adjacent to an activating group) is 1. The first kappa shape index (κ1) is 16.2. The molecule has 0 aromatic carbocycles. The molecule has 0 aromatic rings. The van der Waals surface area contributed by atoms with Crippen molar-refractivity contribution >= 4 is 11.8 Å². The Morgan fingerprint density at radius 3 is 2.38 bits per heavy atom. The number of carbonyl (C=O) groups is 2. The maximum absolute atomic E-state index is 12.3. The first-order valence-corrected chi connectivity index (χ1v) is 7.73. The average Bonchev–Trinajstić information content (AvgIpc) is 3.30. The Labute approximate surface area is 126 Å². The molecule has 6 nitrogen and oxygen atoms in total. The molecule has 1 heterocycles. The maximum Gasteiger partial charge on any atom is 0.225 e. The Morgan fingerprint density at radius 2 is 1.86 bits per heavy atom. The number of rotatable bonds is 6. The lowest BCUT2D eigenvalue weighted by Gasteiger charge is -2.33. The van der Waals surface area contributed by atoms with Crippen LogP contribution in [0, 0.1) is 11.8 Å². The van der Waals surface area contributed by atoms with E-state index in [1.165, 1.54) is 7.11 Å². The first-order chi connectivity index (χ1) is 10.0. The predicted molar refractivity (Wildman–Crippen MR) is 77.5 cm³/mol. The third-order valence-corrected chi connectivity index (χ3v) is 4.30. The lowest BCUT2D eigenvalue weighted by atomic mass is 9.95. The highest BCUT2D eigenvalue weighted by atomic mass is 16.5. The van der Waals surface area contributed by atoms with Crippen molar-refractivity contribution in [1.82, 2.24) is 9.80 Å². The molecule has 1 N–H and O–H groups in total. The fourth-order valence-corrected chi connectivity index (χ4v) is 2.90. The van der Waals surface area contributed by atoms with E-state index in [-0.39, 0.29) is 36.8 Å². The van der Waals surface area contributed by atoms with Crippen LogP contribution < -0.4 is 0 Å². The van der Waals surface area contributed by atoms with E-state index in [1.54, 1.807) is 11.9 Å². The molecule has 6 heteroatoms. The molecule has 2 rings (SSSR count). The van der Waals surface area contributed by atoms with Crippen molar-refractivity contribution < 1.29 is 19.4 Å². The van der Waals surface area contributed by atoms with Crippen LogP contribution in [0.5, 0.6) is 0 Å². The number of hydrogen-bond acceptors (Lipinski definition) is 4. The quantitative estimate of drug-likeness (QED) is 0.755. The van der Waals surface area contributed by atoms with Gasteiger partial charge in [-0.15, -0.1) is 0 Å². The van der Waals surface area contributed by atoms with Crippen LogP contribution in [0.1, 0.15) is 25.7 Å². The lowest BCUT2D eigenvalue weighted by Crippen LogP contribution is -2.45. The van der Waals surface area contributed by atoms with E-state index >= 15 is 0 Å². The van der Waals surface area contributed by atoms with Crippen molar-refractivity contribution in [3.63, 3.8) is 0 Å². The molecule has 120 valence electrons. The van der Waals surface area contributed by atoms with Gasteiger partial charge in [-0.25, -0.2) is 0 Å². The van der Waals surface area contributed by atoms with Crippen LogP contribution in [0.15, 0.2) is 0 Å². The number of likely N-dealkylation sites (tertiary alicyclic amines) is 1. The van der Waals surface area contributed by atoms with E-state index < -0.39 is 6.10 Å². The van der Waals surface area contributed by atoms with Crippen LogP contribution in [-0.4, -0.2) is 73.2 Å². The van der Waals surface area contributed by atoms with Gasteiger partial charge in [-0.05, 0) is 25.7 Å². The molecule has 1 aliphatic carbocycles. The van der Waals surface area contributed by atoms with Gasteiger partial charge in [0.2, 0.25) is 11.8 Å². The van der Waals surface area contributed by atoms with Crippen molar-refractivity contribution in [3.8, 4) is 0 Å². The summed E-state index contributed by atoms with van der Waals surface area (Å²) in [5.74, 6) is 0.547. The Kier molecular flexibility index (Phi) is 5.58. The second-order valence-electron chi connectivity index (χ2n) is 6.20. The zero-order valence-electron chi connectivity index (χ0n) is 13.0. The Bertz CT molecular complexity index is 376. The third-order valence-electron chi connectivity index (χ3n) is 4.30. The highest BCUT2D eigenvalue weighted by Crippen LogP contribution is 2.32. The number of piperidine rings is 1. The van der Waals surface area contributed by atoms with Gasteiger partial charge < -0.3 is 19.6 Å². The molecule has 0 spiro atoms. The van der Waals surface area contributed by atoms with E-state index in [2.05, 4.69) is 0 Å². The number of carbonyl (C=O) groups excluding carboxylic acids is 2. The minimum absolute atomic E-state index is 0.0343. The van der Waals surface area contributed by atoms with Gasteiger partial charge in [0.1, 0.15) is 0 Å². The standard InChI is InChI=1S/C15H26N2O4/c1-16(9-13(18)10-21-2)14(19)12-5-7-17(8-6-12)15(20)11-3-4-11/h11-13,18H,3-10H2,1-2H3. The van der Waals surface area contributed by atoms with E-state index in [0.29, 0.717) is 13.1 Å². The topological polar surface area (TPSA) is 70.1 Å². The number of aliphatic hydroxyl groups is 1. The molecule has 0 radical (unpaired) electrons. The van der Waals surface area contributed by atoms with Gasteiger partial charge in [-0.2, -0.15) is 0 Å². The summed E-state index contributed by atoms with van der Waals surface area (Å²) in [6.07, 6.45) is 2.85. The van der Waals surface area contributed by atoms with E-state index in [0.717, 1.165) is 25.7 Å². The van der Waals surface area contributed by atoms with Gasteiger partial charge in [0.15, 0.2) is 0 Å². The minimum Gasteiger partial charge on any atom is -0.389 e. The molecule has 0 bridgehead atoms. The molecule has 2 amide bonds. The Balaban J connectivity index is 1.75. The lowest BCUT2D eigenvalue weighted by molar-refractivity contribution is -0.141. The smallest absolute Gasteiger partial charge is 0.225 e. The van der Waals surface area contributed by atoms with Gasteiger partial charge >= 0.3 is 0 Å². The van der Waals surface area contributed by atoms with Gasteiger partial charge in [0.25, 0.3) is 0 Å². The number of ether oxygens (including phenoxy) is 1. The van der Waals surface area contributed by atoms with E-state index in [9.17, 15) is 14.7 Å². The van der Waals surface area contributed by atoms with Crippen molar-refractivity contribution in [1.29, 1.82) is 0 Å². The van der Waals surface area contributed by atoms with E-state index in [1.807, 2.05) is 4.90 Å². The zero-order valence-corrected chi connectivity index (χ0v) is 13.0. The Morgan fingerprint density at radius 1 is 1.24 bits per heavy atom. The zero-order chi connectivity index (χ0) is 15.4. The molecule has 1 unspecified atom stereocenters. The fraction of sp³-hybridized carbons (Fsp3) is 0.867. The molecule has 2 aliphatic rings. The second-order valence-corrected chi connectivity index (χ2v) is 6.20. The van der Waals surface area contributed by atoms with E-state index in [4.69, 9.17) is 4.74 Å². The fourth-order valence-electron chi connectivity index (χ4n) is 2.90. The SMILES string of the molecule is COCC(O)CN(C)C(=O)C1CCN(C(=O)C2CC2)CC1. The second kappa shape index (κ2) is 7.22. The summed E-state index contributed by atoms with van der Waals surface area (Å²) in [4.78, 5) is 27.8. The summed E-state index contributed by atoms with van der Waals surface area (Å²) in [5.41, 5.74) is 0. The first-order valence-electron chi connectivity index (χ1n) is 7.73. The molecular weight excluding hydrogens is 272 g/mol. The minimum atomic E-state index is -0.652. The molecule has 2 fully saturated rings. The van der Waals surface area contributed by atoms with Crippen molar-refractivity contribution in [2.24, 2.45) is 11.8 Å². The normalized spacial score (nSPS) is 21.2. The molecule has 1 aliphatic heterocycles. The summed E-state index contributed by atoms with van der Waals surface area (Å²) in [7, 11) is 3.24. The van der Waals surface area contributed by atoms with Crippen LogP contribution in [0.25, 0.3) is 0 Å². The summed E-state index contributed by atoms with van der Waals surface area (Å²) in [6.45, 7) is 1.88. The molecule has 1 saturated heterocycles. The highest BCUT2D eigenvalue weighted by Gasteiger charge is 2.36. The molecule has 0 aromatic heterocycles. The van der Waals surface area contributed by atoms with Crippen LogP contribution >= 0.6 is 0 Å². The molecular formula is C15H26N2O4. The number of nitrogens with zero attached hydrogens (tertiary/aromatic N) is 2. The predicted octanol–water partition coefficient (Wildman–Crippen LogP) is 0.101. The van der Waals surface area contributed by atoms with Gasteiger partial charge in [0, 0.05) is 45.6 Å². The van der Waals surface area contributed by atoms with Crippen LogP contribution in [0.4, 0.5) is 0 Å². The van der Waals surface area contributed by atoms with Crippen LogP contribution in [0.3, 0.4) is 0 Å². The van der Waals surface area contributed by atoms with Crippen molar-refractivity contribution in [3.05, 3.63) is 0 Å². The van der Waals surface area contributed by atoms with Crippen molar-refractivity contribution in [2.75, 3.05) is 40.4 Å². The largest absolute Gasteiger partial charge is 0.389 e. The number of aliphatic hydroxyl groups excluding tert-OH is 1. The van der Waals surface area contributed by atoms with Crippen molar-refractivity contribution in [2.45, 2.75) is 31.8 Å². The molecule has 21 heavy (non-hydrogen) atoms. The van der Waals surface area contributed by atoms with Gasteiger partial charge in [0.05, 0.1) is 12.7 Å². The summed E-state index contributed by atoms with van der Waals surface area (Å²) in [5, 5.41) is 9.68. The third kappa shape index (κ3) is 4.41. The monoisotopic (exact) mass is 298 g/mol. The van der Waals surface area contributed by atoms with Gasteiger partial charge in [-0.1, -0.05) is 0 Å². The number of amides is 2. The maximum atomic E-state index is 12.3. The Hall–Kier alpha value is -1.14.